The zero-order chi connectivity index (χ0) is 18.1. The van der Waals surface area contributed by atoms with E-state index in [2.05, 4.69) is 10.5 Å². The molecule has 0 bridgehead atoms. The van der Waals surface area contributed by atoms with Crippen molar-refractivity contribution in [2.24, 2.45) is 5.10 Å². The van der Waals surface area contributed by atoms with Gasteiger partial charge in [0.2, 0.25) is 5.91 Å². The zero-order valence-electron chi connectivity index (χ0n) is 14.0. The van der Waals surface area contributed by atoms with Crippen LogP contribution < -0.4 is 14.9 Å². The second-order valence-electron chi connectivity index (χ2n) is 4.99. The quantitative estimate of drug-likeness (QED) is 0.561. The molecule has 0 aliphatic heterocycles. The molecule has 7 heteroatoms. The Balaban J connectivity index is 1.83. The van der Waals surface area contributed by atoms with Gasteiger partial charge in [-0.3, -0.25) is 4.79 Å². The van der Waals surface area contributed by atoms with Gasteiger partial charge in [-0.2, -0.15) is 5.10 Å². The SMILES string of the molecule is COc1ccc(OC)c(/C=N/NC(=O)CSCc2ccccc2Cl)c1. The lowest BCUT2D eigenvalue weighted by Gasteiger charge is -2.07. The van der Waals surface area contributed by atoms with E-state index in [1.165, 1.54) is 18.0 Å². The van der Waals surface area contributed by atoms with Crippen molar-refractivity contribution >= 4 is 35.5 Å². The fourth-order valence-corrected chi connectivity index (χ4v) is 3.12. The molecule has 0 atom stereocenters. The molecule has 0 spiro atoms. The molecule has 0 fully saturated rings. The van der Waals surface area contributed by atoms with Crippen LogP contribution in [0.4, 0.5) is 0 Å². The number of carbonyl (C=O) groups excluding carboxylic acids is 1. The minimum atomic E-state index is -0.185. The Kier molecular flexibility index (Phi) is 7.63. The monoisotopic (exact) mass is 378 g/mol. The van der Waals surface area contributed by atoms with Crippen molar-refractivity contribution < 1.29 is 14.3 Å². The first-order valence-corrected chi connectivity index (χ1v) is 9.02. The van der Waals surface area contributed by atoms with E-state index < -0.39 is 0 Å². The number of hydrazone groups is 1. The summed E-state index contributed by atoms with van der Waals surface area (Å²) < 4.78 is 10.4. The number of methoxy groups -OCH3 is 2. The van der Waals surface area contributed by atoms with Gasteiger partial charge in [0, 0.05) is 16.3 Å². The highest BCUT2D eigenvalue weighted by atomic mass is 35.5. The molecule has 2 rings (SSSR count). The molecule has 2 aromatic rings. The molecular weight excluding hydrogens is 360 g/mol. The number of carbonyl (C=O) groups is 1. The first-order valence-electron chi connectivity index (χ1n) is 7.49. The van der Waals surface area contributed by atoms with Gasteiger partial charge in [0.15, 0.2) is 0 Å². The molecule has 0 saturated heterocycles. The summed E-state index contributed by atoms with van der Waals surface area (Å²) in [6, 6.07) is 12.9. The van der Waals surface area contributed by atoms with E-state index in [1.807, 2.05) is 24.3 Å². The minimum absolute atomic E-state index is 0.185. The highest BCUT2D eigenvalue weighted by Crippen LogP contribution is 2.22. The van der Waals surface area contributed by atoms with Crippen LogP contribution in [0.5, 0.6) is 11.5 Å². The van der Waals surface area contributed by atoms with E-state index in [4.69, 9.17) is 21.1 Å². The maximum atomic E-state index is 11.9. The Labute approximate surface area is 156 Å². The van der Waals surface area contributed by atoms with E-state index in [-0.39, 0.29) is 11.7 Å². The number of benzene rings is 2. The van der Waals surface area contributed by atoms with Gasteiger partial charge < -0.3 is 9.47 Å². The Bertz CT molecular complexity index is 753. The fraction of sp³-hybridized carbons (Fsp3) is 0.222. The van der Waals surface area contributed by atoms with Crippen molar-refractivity contribution in [2.75, 3.05) is 20.0 Å². The van der Waals surface area contributed by atoms with Crippen molar-refractivity contribution in [3.8, 4) is 11.5 Å². The number of nitrogens with one attached hydrogen (secondary N) is 1. The summed E-state index contributed by atoms with van der Waals surface area (Å²) >= 11 is 7.56. The highest BCUT2D eigenvalue weighted by molar-refractivity contribution is 7.99. The molecule has 0 saturated carbocycles. The van der Waals surface area contributed by atoms with Gasteiger partial charge in [-0.15, -0.1) is 11.8 Å². The topological polar surface area (TPSA) is 59.9 Å². The third-order valence-electron chi connectivity index (χ3n) is 3.28. The van der Waals surface area contributed by atoms with Gasteiger partial charge in [0.05, 0.1) is 26.2 Å². The third kappa shape index (κ3) is 5.99. The molecule has 0 heterocycles. The summed E-state index contributed by atoms with van der Waals surface area (Å²) in [6.45, 7) is 0. The number of rotatable bonds is 8. The molecule has 0 radical (unpaired) electrons. The smallest absolute Gasteiger partial charge is 0.250 e. The van der Waals surface area contributed by atoms with Crippen LogP contribution in [0, 0.1) is 0 Å². The van der Waals surface area contributed by atoms with Crippen molar-refractivity contribution in [2.45, 2.75) is 5.75 Å². The molecule has 0 aliphatic carbocycles. The average Bonchev–Trinajstić information content (AvgIpc) is 2.63. The number of ether oxygens (including phenoxy) is 2. The van der Waals surface area contributed by atoms with Crippen molar-refractivity contribution in [3.63, 3.8) is 0 Å². The van der Waals surface area contributed by atoms with Gasteiger partial charge in [-0.25, -0.2) is 5.43 Å². The van der Waals surface area contributed by atoms with Crippen LogP contribution in [0.25, 0.3) is 0 Å². The van der Waals surface area contributed by atoms with E-state index >= 15 is 0 Å². The molecular formula is C18H19ClN2O3S. The van der Waals surface area contributed by atoms with Gasteiger partial charge in [-0.05, 0) is 29.8 Å². The largest absolute Gasteiger partial charge is 0.497 e. The normalized spacial score (nSPS) is 10.7. The van der Waals surface area contributed by atoms with E-state index in [0.717, 1.165) is 5.56 Å². The molecule has 2 aromatic carbocycles. The molecule has 1 N–H and O–H groups in total. The van der Waals surface area contributed by atoms with E-state index in [1.54, 1.807) is 32.4 Å². The summed E-state index contributed by atoms with van der Waals surface area (Å²) in [7, 11) is 3.16. The van der Waals surface area contributed by atoms with Gasteiger partial charge in [-0.1, -0.05) is 29.8 Å². The van der Waals surface area contributed by atoms with Gasteiger partial charge in [0.1, 0.15) is 11.5 Å². The Morgan fingerprint density at radius 1 is 1.24 bits per heavy atom. The second-order valence-corrected chi connectivity index (χ2v) is 6.38. The van der Waals surface area contributed by atoms with Crippen LogP contribution in [0.2, 0.25) is 5.02 Å². The number of amides is 1. The summed E-state index contributed by atoms with van der Waals surface area (Å²) in [5, 5.41) is 4.68. The molecule has 25 heavy (non-hydrogen) atoms. The van der Waals surface area contributed by atoms with Crippen LogP contribution in [-0.2, 0) is 10.5 Å². The molecule has 0 aromatic heterocycles. The lowest BCUT2D eigenvalue weighted by molar-refractivity contribution is -0.118. The zero-order valence-corrected chi connectivity index (χ0v) is 15.6. The van der Waals surface area contributed by atoms with Crippen LogP contribution >= 0.6 is 23.4 Å². The number of halogens is 1. The maximum Gasteiger partial charge on any atom is 0.250 e. The number of nitrogens with zero attached hydrogens (tertiary/aromatic N) is 1. The van der Waals surface area contributed by atoms with Crippen molar-refractivity contribution in [1.82, 2.24) is 5.43 Å². The summed E-state index contributed by atoms with van der Waals surface area (Å²) in [4.78, 5) is 11.9. The summed E-state index contributed by atoms with van der Waals surface area (Å²) in [6.07, 6.45) is 1.53. The third-order valence-corrected chi connectivity index (χ3v) is 4.63. The van der Waals surface area contributed by atoms with E-state index in [0.29, 0.717) is 27.8 Å². The van der Waals surface area contributed by atoms with Crippen LogP contribution in [0.1, 0.15) is 11.1 Å². The van der Waals surface area contributed by atoms with Crippen LogP contribution in [-0.4, -0.2) is 32.1 Å². The first-order chi connectivity index (χ1) is 12.1. The fourth-order valence-electron chi connectivity index (χ4n) is 2.02. The number of hydrogen-bond acceptors (Lipinski definition) is 5. The highest BCUT2D eigenvalue weighted by Gasteiger charge is 2.05. The summed E-state index contributed by atoms with van der Waals surface area (Å²) in [5.41, 5.74) is 4.22. The lowest BCUT2D eigenvalue weighted by atomic mass is 10.2. The van der Waals surface area contributed by atoms with Crippen LogP contribution in [0.15, 0.2) is 47.6 Å². The van der Waals surface area contributed by atoms with E-state index in [9.17, 15) is 4.79 Å². The molecule has 1 amide bonds. The standard InChI is InChI=1S/C18H19ClN2O3S/c1-23-15-7-8-17(24-2)14(9-15)10-20-21-18(22)12-25-11-13-5-3-4-6-16(13)19/h3-10H,11-12H2,1-2H3,(H,21,22)/b20-10+. The Hall–Kier alpha value is -2.18. The predicted molar refractivity (Wildman–Crippen MR) is 103 cm³/mol. The minimum Gasteiger partial charge on any atom is -0.497 e. The molecule has 0 unspecified atom stereocenters. The number of thioether (sulfide) groups is 1. The lowest BCUT2D eigenvalue weighted by Crippen LogP contribution is -2.19. The number of hydrogen-bond donors (Lipinski definition) is 1. The Morgan fingerprint density at radius 2 is 2.04 bits per heavy atom. The predicted octanol–water partition coefficient (Wildman–Crippen LogP) is 3.74. The maximum absolute atomic E-state index is 11.9. The first kappa shape index (κ1) is 19.1. The van der Waals surface area contributed by atoms with Crippen LogP contribution in [0.3, 0.4) is 0 Å². The molecule has 132 valence electrons. The van der Waals surface area contributed by atoms with Gasteiger partial charge in [0.25, 0.3) is 0 Å². The van der Waals surface area contributed by atoms with Gasteiger partial charge >= 0.3 is 0 Å². The molecule has 5 nitrogen and oxygen atoms in total. The Morgan fingerprint density at radius 3 is 2.76 bits per heavy atom. The summed E-state index contributed by atoms with van der Waals surface area (Å²) in [5.74, 6) is 2.10. The average molecular weight is 379 g/mol. The molecule has 0 aliphatic rings. The second kappa shape index (κ2) is 9.96. The van der Waals surface area contributed by atoms with Crippen molar-refractivity contribution in [1.29, 1.82) is 0 Å². The van der Waals surface area contributed by atoms with Crippen molar-refractivity contribution in [3.05, 3.63) is 58.6 Å².